The van der Waals surface area contributed by atoms with Crippen molar-refractivity contribution < 1.29 is 9.59 Å². The summed E-state index contributed by atoms with van der Waals surface area (Å²) in [5, 5.41) is 7.37. The Hall–Kier alpha value is -3.51. The predicted molar refractivity (Wildman–Crippen MR) is 120 cm³/mol. The number of hydrogen-bond donors (Lipinski definition) is 1. The lowest BCUT2D eigenvalue weighted by atomic mass is 10.1. The largest absolute Gasteiger partial charge is 0.344 e. The molecule has 0 aliphatic heterocycles. The predicted octanol–water partition coefficient (Wildman–Crippen LogP) is 4.91. The van der Waals surface area contributed by atoms with Crippen molar-refractivity contribution in [1.29, 1.82) is 0 Å². The number of halogens is 1. The molecular formula is C24H18BrN3O2. The van der Waals surface area contributed by atoms with Gasteiger partial charge in [-0.2, -0.15) is 5.10 Å². The van der Waals surface area contributed by atoms with Crippen molar-refractivity contribution in [2.24, 2.45) is 0 Å². The molecule has 0 saturated heterocycles. The first-order valence-electron chi connectivity index (χ1n) is 9.39. The molecule has 0 saturated carbocycles. The van der Waals surface area contributed by atoms with Gasteiger partial charge in [-0.25, -0.2) is 4.68 Å². The van der Waals surface area contributed by atoms with Gasteiger partial charge in [0, 0.05) is 21.8 Å². The van der Waals surface area contributed by atoms with E-state index in [2.05, 4.69) is 26.3 Å². The van der Waals surface area contributed by atoms with Crippen LogP contribution in [-0.2, 0) is 0 Å². The van der Waals surface area contributed by atoms with Gasteiger partial charge in [-0.05, 0) is 24.3 Å². The maximum absolute atomic E-state index is 13.0. The highest BCUT2D eigenvalue weighted by Crippen LogP contribution is 2.25. The summed E-state index contributed by atoms with van der Waals surface area (Å²) in [6.07, 6.45) is 1.69. The van der Waals surface area contributed by atoms with Crippen LogP contribution in [0, 0.1) is 0 Å². The van der Waals surface area contributed by atoms with Crippen molar-refractivity contribution >= 4 is 27.6 Å². The number of ketones is 1. The fraction of sp³-hybridized carbons (Fsp3) is 0.0417. The highest BCUT2D eigenvalue weighted by Gasteiger charge is 2.19. The standard InChI is InChI=1S/C24H18BrN3O2/c25-19-13-11-18(12-14-19)23-21(16-28(27-23)20-9-5-2-6-10-20)24(30)26-15-22(29)17-7-3-1-4-8-17/h1-14,16H,15H2,(H,26,30). The second kappa shape index (κ2) is 8.88. The average Bonchev–Trinajstić information content (AvgIpc) is 3.24. The molecule has 1 N–H and O–H groups in total. The first kappa shape index (κ1) is 19.8. The van der Waals surface area contributed by atoms with Crippen molar-refractivity contribution in [3.8, 4) is 16.9 Å². The maximum Gasteiger partial charge on any atom is 0.255 e. The number of nitrogens with zero attached hydrogens (tertiary/aromatic N) is 2. The Balaban J connectivity index is 1.63. The van der Waals surface area contributed by atoms with Crippen LogP contribution in [0.15, 0.2) is 95.6 Å². The molecule has 0 bridgehead atoms. The van der Waals surface area contributed by atoms with Gasteiger partial charge < -0.3 is 5.32 Å². The van der Waals surface area contributed by atoms with Crippen LogP contribution in [0.5, 0.6) is 0 Å². The number of aromatic nitrogens is 2. The summed E-state index contributed by atoms with van der Waals surface area (Å²) in [5.74, 6) is -0.496. The number of benzene rings is 3. The van der Waals surface area contributed by atoms with Crippen molar-refractivity contribution in [3.63, 3.8) is 0 Å². The molecule has 1 heterocycles. The first-order valence-corrected chi connectivity index (χ1v) is 10.2. The zero-order chi connectivity index (χ0) is 20.9. The van der Waals surface area contributed by atoms with Crippen molar-refractivity contribution in [2.45, 2.75) is 0 Å². The molecule has 6 heteroatoms. The van der Waals surface area contributed by atoms with E-state index in [4.69, 9.17) is 0 Å². The van der Waals surface area contributed by atoms with E-state index in [0.29, 0.717) is 16.8 Å². The Labute approximate surface area is 182 Å². The topological polar surface area (TPSA) is 64.0 Å². The molecule has 0 unspecified atom stereocenters. The van der Waals surface area contributed by atoms with Crippen LogP contribution in [0.25, 0.3) is 16.9 Å². The Morgan fingerprint density at radius 3 is 2.17 bits per heavy atom. The summed E-state index contributed by atoms with van der Waals surface area (Å²) in [6, 6.07) is 26.1. The normalized spacial score (nSPS) is 10.6. The molecule has 5 nitrogen and oxygen atoms in total. The van der Waals surface area contributed by atoms with Crippen LogP contribution < -0.4 is 5.32 Å². The monoisotopic (exact) mass is 459 g/mol. The number of rotatable bonds is 6. The molecule has 0 aliphatic carbocycles. The second-order valence-corrected chi connectivity index (χ2v) is 7.57. The quantitative estimate of drug-likeness (QED) is 0.416. The number of nitrogens with one attached hydrogen (secondary N) is 1. The summed E-state index contributed by atoms with van der Waals surface area (Å²) in [6.45, 7) is -0.0842. The van der Waals surface area contributed by atoms with Crippen LogP contribution >= 0.6 is 15.9 Å². The lowest BCUT2D eigenvalue weighted by Gasteiger charge is -2.05. The van der Waals surface area contributed by atoms with E-state index in [1.165, 1.54) is 0 Å². The van der Waals surface area contributed by atoms with E-state index in [0.717, 1.165) is 15.7 Å². The highest BCUT2D eigenvalue weighted by molar-refractivity contribution is 9.10. The second-order valence-electron chi connectivity index (χ2n) is 6.65. The van der Waals surface area contributed by atoms with E-state index in [1.807, 2.05) is 60.7 Å². The molecular weight excluding hydrogens is 442 g/mol. The fourth-order valence-corrected chi connectivity index (χ4v) is 3.32. The molecule has 4 rings (SSSR count). The Morgan fingerprint density at radius 2 is 1.50 bits per heavy atom. The molecule has 1 amide bonds. The number of hydrogen-bond acceptors (Lipinski definition) is 3. The molecule has 0 spiro atoms. The third kappa shape index (κ3) is 4.39. The van der Waals surface area contributed by atoms with Crippen molar-refractivity contribution in [1.82, 2.24) is 15.1 Å². The van der Waals surface area contributed by atoms with E-state index >= 15 is 0 Å². The van der Waals surface area contributed by atoms with Crippen LogP contribution in [0.3, 0.4) is 0 Å². The molecule has 0 fully saturated rings. The Bertz CT molecular complexity index is 1170. The fourth-order valence-electron chi connectivity index (χ4n) is 3.06. The van der Waals surface area contributed by atoms with Gasteiger partial charge in [0.25, 0.3) is 5.91 Å². The summed E-state index contributed by atoms with van der Waals surface area (Å²) >= 11 is 3.43. The van der Waals surface area contributed by atoms with E-state index in [1.54, 1.807) is 35.1 Å². The first-order chi connectivity index (χ1) is 14.6. The van der Waals surface area contributed by atoms with Crippen LogP contribution in [0.2, 0.25) is 0 Å². The van der Waals surface area contributed by atoms with Gasteiger partial charge in [-0.15, -0.1) is 0 Å². The number of Topliss-reactive ketones (excluding diaryl/α,β-unsaturated/α-hetero) is 1. The van der Waals surface area contributed by atoms with E-state index in [-0.39, 0.29) is 18.2 Å². The van der Waals surface area contributed by atoms with Gasteiger partial charge in [0.15, 0.2) is 5.78 Å². The zero-order valence-electron chi connectivity index (χ0n) is 16.0. The minimum absolute atomic E-state index is 0.0842. The van der Waals surface area contributed by atoms with Crippen LogP contribution in [0.4, 0.5) is 0 Å². The number of carbonyl (C=O) groups is 2. The SMILES string of the molecule is O=C(CNC(=O)c1cn(-c2ccccc2)nc1-c1ccc(Br)cc1)c1ccccc1. The van der Waals surface area contributed by atoms with Gasteiger partial charge in [-0.1, -0.05) is 76.6 Å². The molecule has 1 aromatic heterocycles. The van der Waals surface area contributed by atoms with Crippen LogP contribution in [0.1, 0.15) is 20.7 Å². The summed E-state index contributed by atoms with van der Waals surface area (Å²) < 4.78 is 2.61. The highest BCUT2D eigenvalue weighted by atomic mass is 79.9. The van der Waals surface area contributed by atoms with E-state index in [9.17, 15) is 9.59 Å². The lowest BCUT2D eigenvalue weighted by molar-refractivity contribution is 0.0904. The molecule has 30 heavy (non-hydrogen) atoms. The summed E-state index contributed by atoms with van der Waals surface area (Å²) in [4.78, 5) is 25.3. The minimum Gasteiger partial charge on any atom is -0.344 e. The smallest absolute Gasteiger partial charge is 0.255 e. The van der Waals surface area contributed by atoms with Crippen molar-refractivity contribution in [2.75, 3.05) is 6.54 Å². The van der Waals surface area contributed by atoms with Gasteiger partial charge in [0.05, 0.1) is 17.8 Å². The van der Waals surface area contributed by atoms with E-state index < -0.39 is 0 Å². The third-order valence-electron chi connectivity index (χ3n) is 4.60. The molecule has 3 aromatic carbocycles. The summed E-state index contributed by atoms with van der Waals surface area (Å²) in [5.41, 5.74) is 3.17. The van der Waals surface area contributed by atoms with Gasteiger partial charge in [-0.3, -0.25) is 9.59 Å². The lowest BCUT2D eigenvalue weighted by Crippen LogP contribution is -2.29. The Morgan fingerprint density at radius 1 is 0.867 bits per heavy atom. The number of carbonyl (C=O) groups excluding carboxylic acids is 2. The molecule has 148 valence electrons. The molecule has 0 atom stereocenters. The molecule has 4 aromatic rings. The Kier molecular flexibility index (Phi) is 5.86. The van der Waals surface area contributed by atoms with Gasteiger partial charge in [0.1, 0.15) is 5.69 Å². The van der Waals surface area contributed by atoms with Crippen molar-refractivity contribution in [3.05, 3.63) is 107 Å². The molecule has 0 aliphatic rings. The average molecular weight is 460 g/mol. The minimum atomic E-state index is -0.348. The number of para-hydroxylation sites is 1. The molecule has 0 radical (unpaired) electrons. The zero-order valence-corrected chi connectivity index (χ0v) is 17.5. The van der Waals surface area contributed by atoms with Gasteiger partial charge in [0.2, 0.25) is 0 Å². The maximum atomic E-state index is 13.0. The number of amides is 1. The summed E-state index contributed by atoms with van der Waals surface area (Å²) in [7, 11) is 0. The third-order valence-corrected chi connectivity index (χ3v) is 5.13. The van der Waals surface area contributed by atoms with Crippen LogP contribution in [-0.4, -0.2) is 28.0 Å². The van der Waals surface area contributed by atoms with Gasteiger partial charge >= 0.3 is 0 Å².